The quantitative estimate of drug-likeness (QED) is 0.742. The van der Waals surface area contributed by atoms with Gasteiger partial charge < -0.3 is 15.0 Å². The number of alkyl halides is 3. The molecule has 0 saturated carbocycles. The molecule has 2 heterocycles. The van der Waals surface area contributed by atoms with Gasteiger partial charge in [0.2, 0.25) is 11.8 Å². The third kappa shape index (κ3) is 5.36. The van der Waals surface area contributed by atoms with E-state index in [1.165, 1.54) is 12.3 Å². The van der Waals surface area contributed by atoms with Crippen molar-refractivity contribution in [2.75, 3.05) is 26.7 Å². The average Bonchev–Trinajstić information content (AvgIpc) is 2.77. The lowest BCUT2D eigenvalue weighted by molar-refractivity contribution is -0.144. The maximum absolute atomic E-state index is 13.3. The number of piperidine rings is 1. The SMILES string of the molecule is CN(C(=O)C(C)(C)COc1ncccc1C(F)(F)F)[C@H]1CCNC[C@@H]1c1ccccc1. The Bertz CT molecular complexity index is 887. The van der Waals surface area contributed by atoms with Crippen LogP contribution in [0.1, 0.15) is 37.3 Å². The zero-order valence-corrected chi connectivity index (χ0v) is 17.9. The van der Waals surface area contributed by atoms with Gasteiger partial charge in [0.1, 0.15) is 12.2 Å². The Morgan fingerprint density at radius 3 is 2.58 bits per heavy atom. The van der Waals surface area contributed by atoms with Crippen LogP contribution in [0.3, 0.4) is 0 Å². The van der Waals surface area contributed by atoms with Crippen LogP contribution in [0.5, 0.6) is 5.88 Å². The largest absolute Gasteiger partial charge is 0.476 e. The number of halogens is 3. The molecule has 1 aromatic carbocycles. The van der Waals surface area contributed by atoms with E-state index in [9.17, 15) is 18.0 Å². The Hall–Kier alpha value is -2.61. The monoisotopic (exact) mass is 435 g/mol. The summed E-state index contributed by atoms with van der Waals surface area (Å²) in [6.07, 6.45) is -2.55. The van der Waals surface area contributed by atoms with Gasteiger partial charge >= 0.3 is 6.18 Å². The van der Waals surface area contributed by atoms with Crippen LogP contribution in [-0.2, 0) is 11.0 Å². The van der Waals surface area contributed by atoms with E-state index in [0.717, 1.165) is 31.1 Å². The van der Waals surface area contributed by atoms with Crippen LogP contribution >= 0.6 is 0 Å². The number of benzene rings is 1. The Morgan fingerprint density at radius 2 is 1.90 bits per heavy atom. The molecule has 3 rings (SSSR count). The molecule has 0 radical (unpaired) electrons. The second-order valence-electron chi connectivity index (χ2n) is 8.52. The molecule has 1 fully saturated rings. The standard InChI is InChI=1S/C23H28F3N3O2/c1-22(2,15-31-20-18(23(24,25)26)10-7-12-28-20)21(30)29(3)19-11-13-27-14-17(19)16-8-5-4-6-9-16/h4-10,12,17,19,27H,11,13-15H2,1-3H3/t17-,19+/m1/s1. The van der Waals surface area contributed by atoms with Crippen molar-refractivity contribution in [3.63, 3.8) is 0 Å². The minimum absolute atomic E-state index is 0.0176. The molecule has 0 aliphatic carbocycles. The summed E-state index contributed by atoms with van der Waals surface area (Å²) >= 11 is 0. The number of hydrogen-bond acceptors (Lipinski definition) is 4. The van der Waals surface area contributed by atoms with E-state index in [1.807, 2.05) is 18.2 Å². The summed E-state index contributed by atoms with van der Waals surface area (Å²) in [5.74, 6) is -0.555. The van der Waals surface area contributed by atoms with Gasteiger partial charge in [-0.3, -0.25) is 4.79 Å². The van der Waals surface area contributed by atoms with Crippen molar-refractivity contribution in [3.8, 4) is 5.88 Å². The maximum atomic E-state index is 13.3. The van der Waals surface area contributed by atoms with Gasteiger partial charge in [0.15, 0.2) is 0 Å². The summed E-state index contributed by atoms with van der Waals surface area (Å²) in [5.41, 5.74) is -0.827. The predicted molar refractivity (Wildman–Crippen MR) is 112 cm³/mol. The van der Waals surface area contributed by atoms with Gasteiger partial charge in [-0.1, -0.05) is 30.3 Å². The lowest BCUT2D eigenvalue weighted by Gasteiger charge is -2.41. The number of rotatable bonds is 6. The molecular formula is C23H28F3N3O2. The van der Waals surface area contributed by atoms with Gasteiger partial charge in [-0.2, -0.15) is 13.2 Å². The van der Waals surface area contributed by atoms with E-state index in [0.29, 0.717) is 0 Å². The summed E-state index contributed by atoms with van der Waals surface area (Å²) in [6, 6.07) is 12.1. The summed E-state index contributed by atoms with van der Waals surface area (Å²) in [6.45, 7) is 4.70. The minimum Gasteiger partial charge on any atom is -0.476 e. The van der Waals surface area contributed by atoms with Gasteiger partial charge in [0, 0.05) is 31.7 Å². The summed E-state index contributed by atoms with van der Waals surface area (Å²) in [4.78, 5) is 18.8. The third-order valence-corrected chi connectivity index (χ3v) is 5.72. The van der Waals surface area contributed by atoms with Crippen molar-refractivity contribution in [2.45, 2.75) is 38.4 Å². The number of ether oxygens (including phenoxy) is 1. The zero-order chi connectivity index (χ0) is 22.6. The molecule has 168 valence electrons. The fraction of sp³-hybridized carbons (Fsp3) is 0.478. The smallest absolute Gasteiger partial charge is 0.421 e. The van der Waals surface area contributed by atoms with E-state index >= 15 is 0 Å². The highest BCUT2D eigenvalue weighted by molar-refractivity contribution is 5.82. The van der Waals surface area contributed by atoms with Crippen LogP contribution < -0.4 is 10.1 Å². The fourth-order valence-corrected chi connectivity index (χ4v) is 4.01. The first-order valence-corrected chi connectivity index (χ1v) is 10.3. The van der Waals surface area contributed by atoms with E-state index in [1.54, 1.807) is 25.8 Å². The number of carbonyl (C=O) groups excluding carboxylic acids is 1. The van der Waals surface area contributed by atoms with Crippen LogP contribution in [0.25, 0.3) is 0 Å². The molecule has 1 amide bonds. The normalized spacial score (nSPS) is 19.7. The highest BCUT2D eigenvalue weighted by Crippen LogP contribution is 2.36. The van der Waals surface area contributed by atoms with Gasteiger partial charge in [-0.25, -0.2) is 4.98 Å². The second kappa shape index (κ2) is 9.26. The number of carbonyl (C=O) groups is 1. The van der Waals surface area contributed by atoms with Crippen molar-refractivity contribution in [3.05, 3.63) is 59.8 Å². The lowest BCUT2D eigenvalue weighted by Crippen LogP contribution is -2.53. The van der Waals surface area contributed by atoms with E-state index in [-0.39, 0.29) is 24.5 Å². The highest BCUT2D eigenvalue weighted by Gasteiger charge is 2.40. The predicted octanol–water partition coefficient (Wildman–Crippen LogP) is 4.11. The number of hydrogen-bond donors (Lipinski definition) is 1. The highest BCUT2D eigenvalue weighted by atomic mass is 19.4. The molecular weight excluding hydrogens is 407 g/mol. The lowest BCUT2D eigenvalue weighted by atomic mass is 9.84. The average molecular weight is 435 g/mol. The molecule has 1 aromatic heterocycles. The number of pyridine rings is 1. The number of aromatic nitrogens is 1. The van der Waals surface area contributed by atoms with Crippen molar-refractivity contribution in [1.29, 1.82) is 0 Å². The number of nitrogens with one attached hydrogen (secondary N) is 1. The Morgan fingerprint density at radius 1 is 1.19 bits per heavy atom. The summed E-state index contributed by atoms with van der Waals surface area (Å²) in [5, 5.41) is 3.39. The molecule has 0 unspecified atom stereocenters. The molecule has 1 N–H and O–H groups in total. The first-order valence-electron chi connectivity index (χ1n) is 10.3. The summed E-state index contributed by atoms with van der Waals surface area (Å²) < 4.78 is 45.0. The van der Waals surface area contributed by atoms with Gasteiger partial charge in [0.25, 0.3) is 0 Å². The Labute approximate surface area is 180 Å². The molecule has 2 aromatic rings. The van der Waals surface area contributed by atoms with Crippen LogP contribution in [0, 0.1) is 5.41 Å². The minimum atomic E-state index is -4.58. The van der Waals surface area contributed by atoms with Crippen LogP contribution in [0.4, 0.5) is 13.2 Å². The van der Waals surface area contributed by atoms with E-state index in [2.05, 4.69) is 22.4 Å². The molecule has 0 spiro atoms. The summed E-state index contributed by atoms with van der Waals surface area (Å²) in [7, 11) is 1.76. The topological polar surface area (TPSA) is 54.5 Å². The molecule has 1 aliphatic heterocycles. The Kier molecular flexibility index (Phi) is 6.89. The van der Waals surface area contributed by atoms with E-state index < -0.39 is 23.0 Å². The van der Waals surface area contributed by atoms with Gasteiger partial charge in [0.05, 0.1) is 5.41 Å². The van der Waals surface area contributed by atoms with Crippen molar-refractivity contribution < 1.29 is 22.7 Å². The molecule has 5 nitrogen and oxygen atoms in total. The number of nitrogens with zero attached hydrogens (tertiary/aromatic N) is 2. The van der Waals surface area contributed by atoms with Crippen molar-refractivity contribution in [1.82, 2.24) is 15.2 Å². The molecule has 1 saturated heterocycles. The third-order valence-electron chi connectivity index (χ3n) is 5.72. The van der Waals surface area contributed by atoms with Gasteiger partial charge in [-0.15, -0.1) is 0 Å². The van der Waals surface area contributed by atoms with Crippen molar-refractivity contribution >= 4 is 5.91 Å². The van der Waals surface area contributed by atoms with Crippen molar-refractivity contribution in [2.24, 2.45) is 5.41 Å². The van der Waals surface area contributed by atoms with Crippen LogP contribution in [0.2, 0.25) is 0 Å². The van der Waals surface area contributed by atoms with Crippen LogP contribution in [-0.4, -0.2) is 48.6 Å². The first-order chi connectivity index (χ1) is 14.6. The number of likely N-dealkylation sites (N-methyl/N-ethyl adjacent to an activating group) is 1. The molecule has 31 heavy (non-hydrogen) atoms. The molecule has 8 heteroatoms. The zero-order valence-electron chi connectivity index (χ0n) is 17.9. The number of amides is 1. The van der Waals surface area contributed by atoms with Crippen LogP contribution in [0.15, 0.2) is 48.7 Å². The van der Waals surface area contributed by atoms with Gasteiger partial charge in [-0.05, 0) is 44.5 Å². The fourth-order valence-electron chi connectivity index (χ4n) is 4.01. The molecule has 1 aliphatic rings. The maximum Gasteiger partial charge on any atom is 0.421 e. The van der Waals surface area contributed by atoms with E-state index in [4.69, 9.17) is 4.74 Å². The second-order valence-corrected chi connectivity index (χ2v) is 8.52. The Balaban J connectivity index is 1.73. The molecule has 2 atom stereocenters. The molecule has 0 bridgehead atoms. The first kappa shape index (κ1) is 23.1.